The van der Waals surface area contributed by atoms with E-state index in [2.05, 4.69) is 15.6 Å². The van der Waals surface area contributed by atoms with Gasteiger partial charge in [-0.1, -0.05) is 12.1 Å². The van der Waals surface area contributed by atoms with E-state index in [1.165, 1.54) is 0 Å². The smallest absolute Gasteiger partial charge is 0.255 e. The minimum atomic E-state index is -0.249. The third kappa shape index (κ3) is 4.40. The van der Waals surface area contributed by atoms with Crippen molar-refractivity contribution in [3.8, 4) is 17.2 Å². The molecule has 1 aliphatic rings. The summed E-state index contributed by atoms with van der Waals surface area (Å²) < 4.78 is 16.5. The van der Waals surface area contributed by atoms with Crippen molar-refractivity contribution in [2.24, 2.45) is 0 Å². The SMILES string of the molecule is CC(C)Oc1ccccc1NC(=O)c1ccnc(Nc2ccc3c(c2)OCO3)c1. The number of amides is 1. The second-order valence-electron chi connectivity index (χ2n) is 6.74. The molecule has 7 nitrogen and oxygen atoms in total. The molecule has 148 valence electrons. The molecular weight excluding hydrogens is 370 g/mol. The van der Waals surface area contributed by atoms with Crippen LogP contribution in [0.25, 0.3) is 0 Å². The van der Waals surface area contributed by atoms with Crippen LogP contribution in [0.3, 0.4) is 0 Å². The van der Waals surface area contributed by atoms with Crippen LogP contribution in [0.1, 0.15) is 24.2 Å². The first kappa shape index (κ1) is 18.6. The molecule has 29 heavy (non-hydrogen) atoms. The fourth-order valence-electron chi connectivity index (χ4n) is 2.88. The van der Waals surface area contributed by atoms with Gasteiger partial charge >= 0.3 is 0 Å². The zero-order valence-corrected chi connectivity index (χ0v) is 16.1. The van der Waals surface area contributed by atoms with E-state index in [-0.39, 0.29) is 18.8 Å². The Morgan fingerprint density at radius 1 is 1.07 bits per heavy atom. The number of anilines is 3. The fourth-order valence-corrected chi connectivity index (χ4v) is 2.88. The molecule has 0 saturated heterocycles. The molecule has 1 amide bonds. The maximum Gasteiger partial charge on any atom is 0.255 e. The molecule has 0 aliphatic carbocycles. The molecule has 2 N–H and O–H groups in total. The summed E-state index contributed by atoms with van der Waals surface area (Å²) in [4.78, 5) is 17.0. The van der Waals surface area contributed by atoms with E-state index < -0.39 is 0 Å². The molecule has 0 unspecified atom stereocenters. The number of benzene rings is 2. The summed E-state index contributed by atoms with van der Waals surface area (Å²) in [5.41, 5.74) is 1.88. The maximum atomic E-state index is 12.8. The molecule has 0 fully saturated rings. The van der Waals surface area contributed by atoms with Crippen molar-refractivity contribution < 1.29 is 19.0 Å². The Kier molecular flexibility index (Phi) is 5.20. The van der Waals surface area contributed by atoms with Crippen LogP contribution < -0.4 is 24.8 Å². The first-order valence-corrected chi connectivity index (χ1v) is 9.28. The second kappa shape index (κ2) is 8.10. The zero-order valence-electron chi connectivity index (χ0n) is 16.1. The number of nitrogens with one attached hydrogen (secondary N) is 2. The molecule has 1 aromatic heterocycles. The molecule has 0 bridgehead atoms. The lowest BCUT2D eigenvalue weighted by molar-refractivity contribution is 0.102. The monoisotopic (exact) mass is 391 g/mol. The van der Waals surface area contributed by atoms with E-state index in [1.54, 1.807) is 18.3 Å². The van der Waals surface area contributed by atoms with E-state index in [9.17, 15) is 4.79 Å². The lowest BCUT2D eigenvalue weighted by Crippen LogP contribution is -2.14. The van der Waals surface area contributed by atoms with Gasteiger partial charge in [0, 0.05) is 23.5 Å². The van der Waals surface area contributed by atoms with Crippen molar-refractivity contribution in [1.82, 2.24) is 4.98 Å². The van der Waals surface area contributed by atoms with Gasteiger partial charge in [0.05, 0.1) is 11.8 Å². The van der Waals surface area contributed by atoms with E-state index in [0.717, 1.165) is 5.69 Å². The van der Waals surface area contributed by atoms with Crippen LogP contribution in [0, 0.1) is 0 Å². The van der Waals surface area contributed by atoms with Crippen molar-refractivity contribution in [1.29, 1.82) is 0 Å². The molecule has 0 saturated carbocycles. The number of ether oxygens (including phenoxy) is 3. The van der Waals surface area contributed by atoms with Crippen molar-refractivity contribution in [2.75, 3.05) is 17.4 Å². The van der Waals surface area contributed by atoms with Crippen LogP contribution in [0.5, 0.6) is 17.2 Å². The quantitative estimate of drug-likeness (QED) is 0.639. The lowest BCUT2D eigenvalue weighted by atomic mass is 10.2. The molecule has 0 radical (unpaired) electrons. The average molecular weight is 391 g/mol. The van der Waals surface area contributed by atoms with E-state index in [4.69, 9.17) is 14.2 Å². The number of hydrogen-bond acceptors (Lipinski definition) is 6. The summed E-state index contributed by atoms with van der Waals surface area (Å²) in [6, 6.07) is 16.2. The standard InChI is InChI=1S/C22H21N3O4/c1-14(2)29-18-6-4-3-5-17(18)25-22(26)15-9-10-23-21(11-15)24-16-7-8-19-20(12-16)28-13-27-19/h3-12,14H,13H2,1-2H3,(H,23,24)(H,25,26). The summed E-state index contributed by atoms with van der Waals surface area (Å²) in [6.45, 7) is 4.10. The van der Waals surface area contributed by atoms with Crippen LogP contribution in [-0.2, 0) is 0 Å². The normalized spacial score (nSPS) is 12.0. The van der Waals surface area contributed by atoms with E-state index in [1.807, 2.05) is 56.3 Å². The largest absolute Gasteiger partial charge is 0.489 e. The van der Waals surface area contributed by atoms with Gasteiger partial charge in [-0.25, -0.2) is 4.98 Å². The number of para-hydroxylation sites is 2. The average Bonchev–Trinajstić information content (AvgIpc) is 3.17. The van der Waals surface area contributed by atoms with Crippen LogP contribution >= 0.6 is 0 Å². The highest BCUT2D eigenvalue weighted by molar-refractivity contribution is 6.05. The van der Waals surface area contributed by atoms with Crippen LogP contribution in [-0.4, -0.2) is 23.8 Å². The minimum absolute atomic E-state index is 0.00600. The molecule has 2 heterocycles. The van der Waals surface area contributed by atoms with Gasteiger partial charge in [-0.05, 0) is 50.2 Å². The molecule has 0 atom stereocenters. The molecule has 3 aromatic rings. The molecule has 7 heteroatoms. The summed E-state index contributed by atoms with van der Waals surface area (Å²) in [7, 11) is 0. The highest BCUT2D eigenvalue weighted by atomic mass is 16.7. The summed E-state index contributed by atoms with van der Waals surface area (Å²) >= 11 is 0. The maximum absolute atomic E-state index is 12.8. The Morgan fingerprint density at radius 2 is 1.90 bits per heavy atom. The number of carbonyl (C=O) groups is 1. The molecule has 1 aliphatic heterocycles. The number of carbonyl (C=O) groups excluding carboxylic acids is 1. The highest BCUT2D eigenvalue weighted by Crippen LogP contribution is 2.35. The Labute approximate surface area is 168 Å². The predicted octanol–water partition coefficient (Wildman–Crippen LogP) is 4.59. The number of fused-ring (bicyclic) bond motifs is 1. The van der Waals surface area contributed by atoms with E-state index >= 15 is 0 Å². The third-order valence-corrected chi connectivity index (χ3v) is 4.17. The molecule has 0 spiro atoms. The molecule has 2 aromatic carbocycles. The van der Waals surface area contributed by atoms with Gasteiger partial charge in [0.2, 0.25) is 6.79 Å². The zero-order chi connectivity index (χ0) is 20.2. The Hall–Kier alpha value is -3.74. The predicted molar refractivity (Wildman–Crippen MR) is 110 cm³/mol. The van der Waals surface area contributed by atoms with Crippen LogP contribution in [0.15, 0.2) is 60.8 Å². The second-order valence-corrected chi connectivity index (χ2v) is 6.74. The number of pyridine rings is 1. The summed E-state index contributed by atoms with van der Waals surface area (Å²) in [5, 5.41) is 6.08. The molecular formula is C22H21N3O4. The van der Waals surface area contributed by atoms with Gasteiger partial charge < -0.3 is 24.8 Å². The van der Waals surface area contributed by atoms with Crippen LogP contribution in [0.4, 0.5) is 17.2 Å². The molecule has 4 rings (SSSR count). The Morgan fingerprint density at radius 3 is 2.76 bits per heavy atom. The van der Waals surface area contributed by atoms with Gasteiger partial charge in [0.25, 0.3) is 5.91 Å². The van der Waals surface area contributed by atoms with E-state index in [0.29, 0.717) is 34.3 Å². The Bertz CT molecular complexity index is 1040. The number of rotatable bonds is 6. The van der Waals surface area contributed by atoms with Crippen molar-refractivity contribution in [3.63, 3.8) is 0 Å². The van der Waals surface area contributed by atoms with Gasteiger partial charge in [-0.2, -0.15) is 0 Å². The third-order valence-electron chi connectivity index (χ3n) is 4.17. The van der Waals surface area contributed by atoms with Gasteiger partial charge in [0.1, 0.15) is 11.6 Å². The van der Waals surface area contributed by atoms with Crippen LogP contribution in [0.2, 0.25) is 0 Å². The van der Waals surface area contributed by atoms with Crippen molar-refractivity contribution >= 4 is 23.1 Å². The summed E-state index contributed by atoms with van der Waals surface area (Å²) in [6.07, 6.45) is 1.59. The van der Waals surface area contributed by atoms with Gasteiger partial charge in [-0.15, -0.1) is 0 Å². The summed E-state index contributed by atoms with van der Waals surface area (Å²) in [5.74, 6) is 2.30. The number of aromatic nitrogens is 1. The van der Waals surface area contributed by atoms with Gasteiger partial charge in [-0.3, -0.25) is 4.79 Å². The number of hydrogen-bond donors (Lipinski definition) is 2. The number of nitrogens with zero attached hydrogens (tertiary/aromatic N) is 1. The van der Waals surface area contributed by atoms with Crippen molar-refractivity contribution in [3.05, 3.63) is 66.4 Å². The minimum Gasteiger partial charge on any atom is -0.489 e. The first-order chi connectivity index (χ1) is 14.1. The van der Waals surface area contributed by atoms with Crippen molar-refractivity contribution in [2.45, 2.75) is 20.0 Å². The highest BCUT2D eigenvalue weighted by Gasteiger charge is 2.14. The van der Waals surface area contributed by atoms with Gasteiger partial charge in [0.15, 0.2) is 11.5 Å². The Balaban J connectivity index is 1.49. The lowest BCUT2D eigenvalue weighted by Gasteiger charge is -2.15. The fraction of sp³-hybridized carbons (Fsp3) is 0.182. The first-order valence-electron chi connectivity index (χ1n) is 9.28. The topological polar surface area (TPSA) is 81.7 Å².